The van der Waals surface area contributed by atoms with Crippen molar-refractivity contribution >= 4 is 12.9 Å². The van der Waals surface area contributed by atoms with Crippen molar-refractivity contribution in [1.82, 2.24) is 0 Å². The molecule has 0 aromatic heterocycles. The standard InChI is InChI=1S/2C8H19N.2CH2O2.Cu/c2*1-3-5-6-8(4-2)7-9;2*2-1-3;/h2*8H,3-7,9H2,1-2H3;2*1H,(H,2,3);/q;;;;+2/p-2. The number of hydrogen-bond donors (Lipinski definition) is 2. The number of rotatable bonds is 10. The van der Waals surface area contributed by atoms with Gasteiger partial charge in [-0.2, -0.15) is 0 Å². The number of carbonyl (C=O) groups excluding carboxylic acids is 2. The third-order valence-electron chi connectivity index (χ3n) is 3.75. The van der Waals surface area contributed by atoms with Crippen LogP contribution in [0.25, 0.3) is 0 Å². The Bertz CT molecular complexity index is 193. The maximum absolute atomic E-state index is 8.25. The predicted octanol–water partition coefficient (Wildman–Crippen LogP) is 1.05. The van der Waals surface area contributed by atoms with E-state index in [4.69, 9.17) is 31.3 Å². The Balaban J connectivity index is -0.0000000788. The summed E-state index contributed by atoms with van der Waals surface area (Å²) >= 11 is 0. The van der Waals surface area contributed by atoms with Gasteiger partial charge in [0, 0.05) is 12.9 Å². The maximum Gasteiger partial charge on any atom is 2.00 e. The molecule has 4 N–H and O–H groups in total. The SMILES string of the molecule is CCCCC(CC)CN.CCCCC(CC)CN.O=C[O-].O=C[O-].[Cu+2]. The van der Waals surface area contributed by atoms with Crippen LogP contribution in [0.2, 0.25) is 0 Å². The molecular weight excluding hydrogens is 372 g/mol. The zero-order chi connectivity index (χ0) is 19.6. The van der Waals surface area contributed by atoms with Gasteiger partial charge in [0.25, 0.3) is 0 Å². The van der Waals surface area contributed by atoms with Gasteiger partial charge in [0.05, 0.1) is 0 Å². The molecule has 0 rings (SSSR count). The van der Waals surface area contributed by atoms with Crippen LogP contribution < -0.4 is 21.7 Å². The van der Waals surface area contributed by atoms with Gasteiger partial charge in [0.1, 0.15) is 0 Å². The molecule has 0 aliphatic carbocycles. The minimum atomic E-state index is -0.500. The number of carboxylic acid groups (broad SMARTS) is 2. The van der Waals surface area contributed by atoms with Crippen molar-refractivity contribution in [1.29, 1.82) is 0 Å². The molecule has 0 aromatic carbocycles. The summed E-state index contributed by atoms with van der Waals surface area (Å²) in [4.78, 5) is 16.5. The van der Waals surface area contributed by atoms with Crippen molar-refractivity contribution in [3.05, 3.63) is 0 Å². The fraction of sp³-hybridized carbons (Fsp3) is 0.889. The van der Waals surface area contributed by atoms with E-state index in [0.29, 0.717) is 0 Å². The number of carbonyl (C=O) groups is 2. The second-order valence-corrected chi connectivity index (χ2v) is 5.50. The molecule has 0 amide bonds. The van der Waals surface area contributed by atoms with E-state index in [1.807, 2.05) is 0 Å². The Labute approximate surface area is 165 Å². The van der Waals surface area contributed by atoms with Crippen molar-refractivity contribution < 1.29 is 36.9 Å². The van der Waals surface area contributed by atoms with Gasteiger partial charge < -0.3 is 31.3 Å². The van der Waals surface area contributed by atoms with Crippen LogP contribution in [0, 0.1) is 11.8 Å². The molecule has 1 radical (unpaired) electrons. The Morgan fingerprint density at radius 1 is 0.760 bits per heavy atom. The molecule has 0 aromatic rings. The first-order valence-corrected chi connectivity index (χ1v) is 9.04. The normalized spacial score (nSPS) is 10.8. The topological polar surface area (TPSA) is 132 Å². The van der Waals surface area contributed by atoms with Crippen LogP contribution in [0.15, 0.2) is 0 Å². The van der Waals surface area contributed by atoms with Gasteiger partial charge in [-0.05, 0) is 37.8 Å². The molecule has 0 spiro atoms. The zero-order valence-electron chi connectivity index (χ0n) is 16.5. The molecule has 2 unspecified atom stereocenters. The number of unbranched alkanes of at least 4 members (excludes halogenated alkanes) is 2. The first-order valence-electron chi connectivity index (χ1n) is 9.04. The van der Waals surface area contributed by atoms with Crippen LogP contribution in [0.1, 0.15) is 79.1 Å². The molecule has 7 heteroatoms. The van der Waals surface area contributed by atoms with Crippen LogP contribution in [0.4, 0.5) is 0 Å². The number of nitrogens with two attached hydrogens (primary N) is 2. The average Bonchev–Trinajstić information content (AvgIpc) is 2.59. The summed E-state index contributed by atoms with van der Waals surface area (Å²) in [7, 11) is 0. The molecular formula is C18H40CuN2O4. The monoisotopic (exact) mass is 411 g/mol. The van der Waals surface area contributed by atoms with Crippen molar-refractivity contribution in [3.63, 3.8) is 0 Å². The van der Waals surface area contributed by atoms with Crippen LogP contribution in [-0.2, 0) is 26.7 Å². The van der Waals surface area contributed by atoms with Crippen molar-refractivity contribution in [2.45, 2.75) is 79.1 Å². The average molecular weight is 412 g/mol. The predicted molar refractivity (Wildman–Crippen MR) is 96.8 cm³/mol. The third kappa shape index (κ3) is 45.2. The smallest absolute Gasteiger partial charge is 0.554 e. The maximum atomic E-state index is 8.25. The van der Waals surface area contributed by atoms with Gasteiger partial charge in [-0.1, -0.05) is 66.2 Å². The van der Waals surface area contributed by atoms with E-state index in [2.05, 4.69) is 27.7 Å². The van der Waals surface area contributed by atoms with Crippen LogP contribution in [0.5, 0.6) is 0 Å². The molecule has 0 saturated heterocycles. The first-order chi connectivity index (χ1) is 11.5. The molecule has 0 bridgehead atoms. The molecule has 25 heavy (non-hydrogen) atoms. The minimum Gasteiger partial charge on any atom is -0.554 e. The molecule has 0 fully saturated rings. The summed E-state index contributed by atoms with van der Waals surface area (Å²) in [5.74, 6) is 1.56. The Morgan fingerprint density at radius 2 is 1.00 bits per heavy atom. The fourth-order valence-electron chi connectivity index (χ4n) is 1.96. The van der Waals surface area contributed by atoms with Crippen LogP contribution in [-0.4, -0.2) is 26.0 Å². The summed E-state index contributed by atoms with van der Waals surface area (Å²) in [6.07, 6.45) is 10.4. The van der Waals surface area contributed by atoms with E-state index in [1.165, 1.54) is 51.4 Å². The van der Waals surface area contributed by atoms with E-state index >= 15 is 0 Å². The summed E-state index contributed by atoms with van der Waals surface area (Å²) in [6, 6.07) is 0. The summed E-state index contributed by atoms with van der Waals surface area (Å²) < 4.78 is 0. The quantitative estimate of drug-likeness (QED) is 0.407. The second-order valence-electron chi connectivity index (χ2n) is 5.50. The molecule has 6 nitrogen and oxygen atoms in total. The van der Waals surface area contributed by atoms with Gasteiger partial charge in [-0.15, -0.1) is 0 Å². The largest absolute Gasteiger partial charge is 2.00 e. The molecule has 0 saturated carbocycles. The second kappa shape index (κ2) is 38.8. The molecule has 0 aliphatic rings. The zero-order valence-corrected chi connectivity index (χ0v) is 17.4. The molecule has 0 heterocycles. The van der Waals surface area contributed by atoms with E-state index in [-0.39, 0.29) is 17.1 Å². The van der Waals surface area contributed by atoms with E-state index in [0.717, 1.165) is 24.9 Å². The van der Waals surface area contributed by atoms with Crippen molar-refractivity contribution in [2.75, 3.05) is 13.1 Å². The minimum absolute atomic E-state index is 0. The number of hydrogen-bond acceptors (Lipinski definition) is 6. The van der Waals surface area contributed by atoms with Crippen LogP contribution in [0.3, 0.4) is 0 Å². The van der Waals surface area contributed by atoms with Gasteiger partial charge in [0.15, 0.2) is 0 Å². The Morgan fingerprint density at radius 3 is 1.12 bits per heavy atom. The van der Waals surface area contributed by atoms with E-state index < -0.39 is 12.9 Å². The summed E-state index contributed by atoms with van der Waals surface area (Å²) in [6.45, 7) is 9.62. The van der Waals surface area contributed by atoms with Crippen molar-refractivity contribution in [3.8, 4) is 0 Å². The first kappa shape index (κ1) is 35.5. The third-order valence-corrected chi connectivity index (χ3v) is 3.75. The molecule has 157 valence electrons. The van der Waals surface area contributed by atoms with Gasteiger partial charge >= 0.3 is 17.1 Å². The van der Waals surface area contributed by atoms with E-state index in [1.54, 1.807) is 0 Å². The Hall–Kier alpha value is -0.621. The van der Waals surface area contributed by atoms with Gasteiger partial charge in [0.2, 0.25) is 0 Å². The van der Waals surface area contributed by atoms with Crippen LogP contribution >= 0.6 is 0 Å². The molecule has 0 aliphatic heterocycles. The Kier molecular flexibility index (Phi) is 55.0. The summed E-state index contributed by atoms with van der Waals surface area (Å²) in [5, 5.41) is 16.5. The summed E-state index contributed by atoms with van der Waals surface area (Å²) in [5.41, 5.74) is 11.0. The fourth-order valence-corrected chi connectivity index (χ4v) is 1.96. The van der Waals surface area contributed by atoms with E-state index in [9.17, 15) is 0 Å². The van der Waals surface area contributed by atoms with Gasteiger partial charge in [-0.3, -0.25) is 0 Å². The van der Waals surface area contributed by atoms with Gasteiger partial charge in [-0.25, -0.2) is 0 Å². The van der Waals surface area contributed by atoms with Crippen molar-refractivity contribution in [2.24, 2.45) is 23.3 Å². The molecule has 2 atom stereocenters.